The van der Waals surface area contributed by atoms with Crippen LogP contribution in [0.3, 0.4) is 0 Å². The summed E-state index contributed by atoms with van der Waals surface area (Å²) in [7, 11) is 0. The Morgan fingerprint density at radius 2 is 1.60 bits per heavy atom. The number of aryl methyl sites for hydroxylation is 1. The molecule has 0 saturated heterocycles. The lowest BCUT2D eigenvalue weighted by atomic mass is 9.69. The van der Waals surface area contributed by atoms with Crippen LogP contribution in [-0.2, 0) is 6.42 Å². The Morgan fingerprint density at radius 3 is 2.20 bits per heavy atom. The average Bonchev–Trinajstić information content (AvgIpc) is 2.81. The van der Waals surface area contributed by atoms with Gasteiger partial charge in [0.2, 0.25) is 0 Å². The molecule has 0 spiro atoms. The molecule has 0 amide bonds. The quantitative estimate of drug-likeness (QED) is 0.244. The van der Waals surface area contributed by atoms with Gasteiger partial charge in [-0.3, -0.25) is 0 Å². The highest BCUT2D eigenvalue weighted by Crippen LogP contribution is 2.44. The molecule has 0 aliphatic heterocycles. The number of hydrogen-bond acceptors (Lipinski definition) is 1. The van der Waals surface area contributed by atoms with Gasteiger partial charge < -0.3 is 0 Å². The van der Waals surface area contributed by atoms with Crippen LogP contribution >= 0.6 is 0 Å². The minimum atomic E-state index is 0.756. The van der Waals surface area contributed by atoms with Gasteiger partial charge in [-0.25, -0.2) is 0 Å². The van der Waals surface area contributed by atoms with Crippen LogP contribution in [0.25, 0.3) is 0 Å². The van der Waals surface area contributed by atoms with Gasteiger partial charge in [0, 0.05) is 6.08 Å². The lowest BCUT2D eigenvalue weighted by molar-refractivity contribution is 0.260. The molecule has 2 aliphatic rings. The molecule has 0 aromatic heterocycles. The zero-order valence-corrected chi connectivity index (χ0v) is 18.9. The van der Waals surface area contributed by atoms with E-state index in [-0.39, 0.29) is 0 Å². The van der Waals surface area contributed by atoms with Crippen molar-refractivity contribution in [2.24, 2.45) is 17.8 Å². The molecule has 3 rings (SSSR count). The summed E-state index contributed by atoms with van der Waals surface area (Å²) < 4.78 is 0. The van der Waals surface area contributed by atoms with E-state index < -0.39 is 0 Å². The summed E-state index contributed by atoms with van der Waals surface area (Å²) >= 11 is 0. The van der Waals surface area contributed by atoms with Gasteiger partial charge in [0.05, 0.1) is 6.07 Å². The predicted octanol–water partition coefficient (Wildman–Crippen LogP) is 8.30. The fraction of sp³-hybridized carbons (Fsp3) is 0.552. The minimum Gasteiger partial charge on any atom is -0.193 e. The van der Waals surface area contributed by atoms with Gasteiger partial charge >= 0.3 is 0 Å². The first kappa shape index (κ1) is 22.6. The van der Waals surface area contributed by atoms with Crippen molar-refractivity contribution < 1.29 is 0 Å². The SMILES string of the molecule is C=C([C@H]1CC[C@H](CC/C=C/C=C/C#N)CC1)[C@H]1CC[C@H](c2ccc(CC)cc2)CC1. The molecule has 1 aromatic carbocycles. The van der Waals surface area contributed by atoms with Crippen LogP contribution in [0, 0.1) is 29.1 Å². The van der Waals surface area contributed by atoms with Crippen molar-refractivity contribution in [3.8, 4) is 6.07 Å². The fourth-order valence-corrected chi connectivity index (χ4v) is 5.58. The minimum absolute atomic E-state index is 0.756. The molecule has 160 valence electrons. The Labute approximate surface area is 184 Å². The number of benzene rings is 1. The van der Waals surface area contributed by atoms with Crippen molar-refractivity contribution >= 4 is 0 Å². The summed E-state index contributed by atoms with van der Waals surface area (Å²) in [5.41, 5.74) is 4.58. The van der Waals surface area contributed by atoms with E-state index in [1.54, 1.807) is 11.1 Å². The zero-order valence-electron chi connectivity index (χ0n) is 18.9. The lowest BCUT2D eigenvalue weighted by Crippen LogP contribution is -2.22. The Balaban J connectivity index is 1.38. The topological polar surface area (TPSA) is 23.8 Å². The summed E-state index contributed by atoms with van der Waals surface area (Å²) in [6.45, 7) is 6.84. The van der Waals surface area contributed by atoms with Gasteiger partial charge in [-0.2, -0.15) is 5.26 Å². The molecular formula is C29H39N. The van der Waals surface area contributed by atoms with Crippen molar-refractivity contribution in [1.29, 1.82) is 5.26 Å². The number of rotatable bonds is 8. The van der Waals surface area contributed by atoms with Crippen molar-refractivity contribution in [2.45, 2.75) is 83.5 Å². The second-order valence-corrected chi connectivity index (χ2v) is 9.43. The zero-order chi connectivity index (χ0) is 21.2. The molecule has 0 unspecified atom stereocenters. The Hall–Kier alpha value is -2.07. The molecule has 2 aliphatic carbocycles. The van der Waals surface area contributed by atoms with Crippen LogP contribution in [0.5, 0.6) is 0 Å². The van der Waals surface area contributed by atoms with E-state index in [1.807, 2.05) is 18.2 Å². The van der Waals surface area contributed by atoms with Crippen LogP contribution in [0.15, 0.2) is 60.7 Å². The smallest absolute Gasteiger partial charge is 0.0912 e. The predicted molar refractivity (Wildman–Crippen MR) is 128 cm³/mol. The third-order valence-corrected chi connectivity index (χ3v) is 7.64. The van der Waals surface area contributed by atoms with Crippen LogP contribution in [0.4, 0.5) is 0 Å². The van der Waals surface area contributed by atoms with E-state index in [0.717, 1.165) is 36.5 Å². The summed E-state index contributed by atoms with van der Waals surface area (Å²) in [4.78, 5) is 0. The Bertz CT molecular complexity index is 745. The first-order valence-corrected chi connectivity index (χ1v) is 12.2. The van der Waals surface area contributed by atoms with Gasteiger partial charge in [0.15, 0.2) is 0 Å². The highest BCUT2D eigenvalue weighted by Gasteiger charge is 2.29. The van der Waals surface area contributed by atoms with E-state index in [2.05, 4.69) is 43.8 Å². The van der Waals surface area contributed by atoms with E-state index in [9.17, 15) is 0 Å². The molecule has 0 heterocycles. The Kier molecular flexibility index (Phi) is 9.00. The molecule has 1 heteroatoms. The maximum Gasteiger partial charge on any atom is 0.0912 e. The normalized spacial score (nSPS) is 27.3. The third-order valence-electron chi connectivity index (χ3n) is 7.64. The molecule has 0 bridgehead atoms. The van der Waals surface area contributed by atoms with E-state index in [4.69, 9.17) is 5.26 Å². The van der Waals surface area contributed by atoms with Crippen molar-refractivity contribution in [1.82, 2.24) is 0 Å². The molecule has 0 N–H and O–H groups in total. The van der Waals surface area contributed by atoms with E-state index in [0.29, 0.717) is 0 Å². The average molecular weight is 402 g/mol. The highest BCUT2D eigenvalue weighted by atomic mass is 14.3. The van der Waals surface area contributed by atoms with Crippen LogP contribution in [-0.4, -0.2) is 0 Å². The van der Waals surface area contributed by atoms with Gasteiger partial charge in [0.1, 0.15) is 0 Å². The molecule has 1 aromatic rings. The summed E-state index contributed by atoms with van der Waals surface area (Å²) in [5.74, 6) is 3.15. The molecule has 30 heavy (non-hydrogen) atoms. The van der Waals surface area contributed by atoms with Gasteiger partial charge in [-0.05, 0) is 105 Å². The van der Waals surface area contributed by atoms with Crippen molar-refractivity contribution in [3.05, 3.63) is 71.8 Å². The monoisotopic (exact) mass is 401 g/mol. The highest BCUT2D eigenvalue weighted by molar-refractivity contribution is 5.26. The molecular weight excluding hydrogens is 362 g/mol. The number of nitrogens with zero attached hydrogens (tertiary/aromatic N) is 1. The number of nitriles is 1. The molecule has 0 radical (unpaired) electrons. The standard InChI is InChI=1S/C29H39N/c1-3-24-10-16-28(17-11-24)29-20-18-27(19-21-29)23(2)26-14-12-25(13-15-26)9-7-5-4-6-8-22-30/h4-6,8,10-11,16-17,25-27,29H,2-3,7,9,12-15,18-21H2,1H3/b5-4+,8-6+/t25-,26-,27-,29-. The molecule has 2 saturated carbocycles. The maximum absolute atomic E-state index is 8.50. The second-order valence-electron chi connectivity index (χ2n) is 9.43. The first-order valence-electron chi connectivity index (χ1n) is 12.2. The Morgan fingerprint density at radius 1 is 0.967 bits per heavy atom. The van der Waals surface area contributed by atoms with E-state index >= 15 is 0 Å². The number of allylic oxidation sites excluding steroid dienone is 5. The summed E-state index contributed by atoms with van der Waals surface area (Å²) in [6.07, 6.45) is 21.9. The van der Waals surface area contributed by atoms with Crippen LogP contribution < -0.4 is 0 Å². The fourth-order valence-electron chi connectivity index (χ4n) is 5.58. The summed E-state index contributed by atoms with van der Waals surface area (Å²) in [5, 5.41) is 8.50. The molecule has 0 atom stereocenters. The van der Waals surface area contributed by atoms with Crippen molar-refractivity contribution in [2.75, 3.05) is 0 Å². The lowest BCUT2D eigenvalue weighted by Gasteiger charge is -2.36. The number of hydrogen-bond donors (Lipinski definition) is 0. The molecule has 1 nitrogen and oxygen atoms in total. The first-order chi connectivity index (χ1) is 14.7. The maximum atomic E-state index is 8.50. The van der Waals surface area contributed by atoms with Gasteiger partial charge in [0.25, 0.3) is 0 Å². The summed E-state index contributed by atoms with van der Waals surface area (Å²) in [6, 6.07) is 11.4. The van der Waals surface area contributed by atoms with Gasteiger partial charge in [-0.1, -0.05) is 61.6 Å². The second kappa shape index (κ2) is 11.9. The van der Waals surface area contributed by atoms with Crippen LogP contribution in [0.1, 0.15) is 88.2 Å². The molecule has 2 fully saturated rings. The van der Waals surface area contributed by atoms with E-state index in [1.165, 1.54) is 69.4 Å². The largest absolute Gasteiger partial charge is 0.193 e. The third kappa shape index (κ3) is 6.46. The van der Waals surface area contributed by atoms with Crippen molar-refractivity contribution in [3.63, 3.8) is 0 Å². The van der Waals surface area contributed by atoms with Gasteiger partial charge in [-0.15, -0.1) is 0 Å². The van der Waals surface area contributed by atoms with Crippen LogP contribution in [0.2, 0.25) is 0 Å².